The van der Waals surface area contributed by atoms with E-state index in [0.29, 0.717) is 16.4 Å². The van der Waals surface area contributed by atoms with Crippen LogP contribution < -0.4 is 5.32 Å². The van der Waals surface area contributed by atoms with Crippen LogP contribution in [0.2, 0.25) is 10.0 Å². The van der Waals surface area contributed by atoms with Crippen LogP contribution in [0.25, 0.3) is 22.3 Å². The van der Waals surface area contributed by atoms with Crippen LogP contribution in [0.4, 0.5) is 10.2 Å². The molecule has 0 spiro atoms. The van der Waals surface area contributed by atoms with E-state index in [9.17, 15) is 4.39 Å². The van der Waals surface area contributed by atoms with Gasteiger partial charge >= 0.3 is 0 Å². The van der Waals surface area contributed by atoms with Crippen molar-refractivity contribution in [1.29, 1.82) is 0 Å². The van der Waals surface area contributed by atoms with E-state index >= 15 is 0 Å². The number of aromatic nitrogens is 2. The molecule has 21 heavy (non-hydrogen) atoms. The van der Waals surface area contributed by atoms with Crippen LogP contribution in [0, 0.1) is 5.82 Å². The van der Waals surface area contributed by atoms with Gasteiger partial charge in [0.25, 0.3) is 0 Å². The number of hydrogen-bond acceptors (Lipinski definition) is 3. The Hall–Kier alpha value is -1.91. The molecule has 0 aliphatic rings. The van der Waals surface area contributed by atoms with Gasteiger partial charge in [0.05, 0.1) is 16.1 Å². The van der Waals surface area contributed by atoms with E-state index < -0.39 is 5.82 Å². The first kappa shape index (κ1) is 14.0. The zero-order valence-electron chi connectivity index (χ0n) is 11.0. The highest BCUT2D eigenvalue weighted by Crippen LogP contribution is 2.30. The summed E-state index contributed by atoms with van der Waals surface area (Å²) in [6, 6.07) is 10.0. The highest BCUT2D eigenvalue weighted by molar-refractivity contribution is 6.31. The summed E-state index contributed by atoms with van der Waals surface area (Å²) in [6.45, 7) is 0. The Kier molecular flexibility index (Phi) is 3.66. The van der Waals surface area contributed by atoms with Gasteiger partial charge in [0.2, 0.25) is 0 Å². The Morgan fingerprint density at radius 2 is 1.90 bits per heavy atom. The Morgan fingerprint density at radius 3 is 2.67 bits per heavy atom. The van der Waals surface area contributed by atoms with Crippen molar-refractivity contribution in [3.05, 3.63) is 52.3 Å². The van der Waals surface area contributed by atoms with Gasteiger partial charge < -0.3 is 5.32 Å². The topological polar surface area (TPSA) is 37.8 Å². The number of halogens is 3. The molecule has 1 aromatic heterocycles. The van der Waals surface area contributed by atoms with Crippen LogP contribution in [-0.4, -0.2) is 17.0 Å². The van der Waals surface area contributed by atoms with Crippen LogP contribution in [0.15, 0.2) is 36.4 Å². The van der Waals surface area contributed by atoms with E-state index in [0.717, 1.165) is 5.39 Å². The molecular weight excluding hydrogens is 312 g/mol. The smallest absolute Gasteiger partial charge is 0.165 e. The Bertz CT molecular complexity index is 837. The third kappa shape index (κ3) is 2.52. The first-order chi connectivity index (χ1) is 10.1. The molecular formula is C15H10Cl2FN3. The molecule has 0 aliphatic carbocycles. The van der Waals surface area contributed by atoms with Gasteiger partial charge in [0.15, 0.2) is 11.6 Å². The van der Waals surface area contributed by atoms with Gasteiger partial charge in [-0.15, -0.1) is 0 Å². The first-order valence-corrected chi connectivity index (χ1v) is 6.95. The molecule has 0 aliphatic heterocycles. The molecule has 0 fully saturated rings. The average molecular weight is 322 g/mol. The molecule has 3 rings (SSSR count). The van der Waals surface area contributed by atoms with Crippen LogP contribution in [0.3, 0.4) is 0 Å². The summed E-state index contributed by atoms with van der Waals surface area (Å²) in [5.74, 6) is 0.320. The standard InChI is InChI=1S/C15H10Cl2FN3/c1-19-14-10-7-8(16)5-6-12(10)20-15(21-14)9-3-2-4-11(17)13(9)18/h2-7H,1H3,(H,19,20,21). The van der Waals surface area contributed by atoms with E-state index in [1.54, 1.807) is 37.4 Å². The Morgan fingerprint density at radius 1 is 1.10 bits per heavy atom. The number of hydrogen-bond donors (Lipinski definition) is 1. The lowest BCUT2D eigenvalue weighted by Gasteiger charge is -2.09. The molecule has 3 aromatic rings. The Balaban J connectivity index is 2.29. The van der Waals surface area contributed by atoms with Gasteiger partial charge in [-0.05, 0) is 30.3 Å². The van der Waals surface area contributed by atoms with E-state index in [1.165, 1.54) is 6.07 Å². The summed E-state index contributed by atoms with van der Waals surface area (Å²) < 4.78 is 14.1. The van der Waals surface area contributed by atoms with Crippen molar-refractivity contribution in [2.75, 3.05) is 12.4 Å². The monoisotopic (exact) mass is 321 g/mol. The molecule has 1 heterocycles. The first-order valence-electron chi connectivity index (χ1n) is 6.19. The number of nitrogens with one attached hydrogen (secondary N) is 1. The van der Waals surface area contributed by atoms with Gasteiger partial charge in [-0.3, -0.25) is 0 Å². The minimum absolute atomic E-state index is 0.0401. The van der Waals surface area contributed by atoms with Gasteiger partial charge in [-0.1, -0.05) is 29.3 Å². The third-order valence-electron chi connectivity index (χ3n) is 3.09. The number of benzene rings is 2. The van der Waals surface area contributed by atoms with Crippen LogP contribution in [0.5, 0.6) is 0 Å². The number of anilines is 1. The summed E-state index contributed by atoms with van der Waals surface area (Å²) >= 11 is 11.8. The minimum atomic E-state index is -0.533. The molecule has 6 heteroatoms. The summed E-state index contributed by atoms with van der Waals surface area (Å²) in [5.41, 5.74) is 0.934. The zero-order chi connectivity index (χ0) is 15.0. The third-order valence-corrected chi connectivity index (χ3v) is 3.61. The molecule has 2 aromatic carbocycles. The minimum Gasteiger partial charge on any atom is -0.373 e. The molecule has 0 bridgehead atoms. The van der Waals surface area contributed by atoms with Crippen molar-refractivity contribution >= 4 is 39.9 Å². The summed E-state index contributed by atoms with van der Waals surface area (Å²) in [6.07, 6.45) is 0. The summed E-state index contributed by atoms with van der Waals surface area (Å²) in [4.78, 5) is 8.74. The van der Waals surface area contributed by atoms with Crippen LogP contribution in [0.1, 0.15) is 0 Å². The lowest BCUT2D eigenvalue weighted by molar-refractivity contribution is 0.630. The van der Waals surface area contributed by atoms with E-state index in [1.807, 2.05) is 0 Å². The second-order valence-corrected chi connectivity index (χ2v) is 5.25. The lowest BCUT2D eigenvalue weighted by atomic mass is 10.1. The highest BCUT2D eigenvalue weighted by Gasteiger charge is 2.14. The van der Waals surface area contributed by atoms with Crippen molar-refractivity contribution in [2.45, 2.75) is 0 Å². The molecule has 0 atom stereocenters. The predicted octanol–water partition coefficient (Wildman–Crippen LogP) is 4.78. The average Bonchev–Trinajstić information content (AvgIpc) is 2.49. The maximum atomic E-state index is 14.1. The van der Waals surface area contributed by atoms with Gasteiger partial charge in [-0.25, -0.2) is 14.4 Å². The zero-order valence-corrected chi connectivity index (χ0v) is 12.5. The fourth-order valence-electron chi connectivity index (χ4n) is 2.09. The summed E-state index contributed by atoms with van der Waals surface area (Å²) in [7, 11) is 1.74. The second-order valence-electron chi connectivity index (χ2n) is 4.41. The van der Waals surface area contributed by atoms with Crippen molar-refractivity contribution in [1.82, 2.24) is 9.97 Å². The van der Waals surface area contributed by atoms with E-state index in [-0.39, 0.29) is 16.4 Å². The highest BCUT2D eigenvalue weighted by atomic mass is 35.5. The van der Waals surface area contributed by atoms with E-state index in [2.05, 4.69) is 15.3 Å². The van der Waals surface area contributed by atoms with E-state index in [4.69, 9.17) is 23.2 Å². The quantitative estimate of drug-likeness (QED) is 0.737. The molecule has 0 saturated carbocycles. The van der Waals surface area contributed by atoms with Gasteiger partial charge in [0.1, 0.15) is 5.82 Å². The molecule has 1 N–H and O–H groups in total. The van der Waals surface area contributed by atoms with Crippen molar-refractivity contribution in [3.63, 3.8) is 0 Å². The fraction of sp³-hybridized carbons (Fsp3) is 0.0667. The maximum Gasteiger partial charge on any atom is 0.165 e. The Labute approximate surface area is 130 Å². The van der Waals surface area contributed by atoms with Crippen molar-refractivity contribution < 1.29 is 4.39 Å². The number of rotatable bonds is 2. The molecule has 106 valence electrons. The van der Waals surface area contributed by atoms with Crippen molar-refractivity contribution in [3.8, 4) is 11.4 Å². The molecule has 3 nitrogen and oxygen atoms in total. The molecule has 0 unspecified atom stereocenters. The maximum absolute atomic E-state index is 14.1. The molecule has 0 radical (unpaired) electrons. The van der Waals surface area contributed by atoms with Crippen molar-refractivity contribution in [2.24, 2.45) is 0 Å². The fourth-order valence-corrected chi connectivity index (χ4v) is 2.43. The predicted molar refractivity (Wildman–Crippen MR) is 84.5 cm³/mol. The molecule has 0 saturated heterocycles. The van der Waals surface area contributed by atoms with Gasteiger partial charge in [0, 0.05) is 17.5 Å². The number of fused-ring (bicyclic) bond motifs is 1. The largest absolute Gasteiger partial charge is 0.373 e. The lowest BCUT2D eigenvalue weighted by Crippen LogP contribution is -2.00. The SMILES string of the molecule is CNc1nc(-c2cccc(Cl)c2F)nc2ccc(Cl)cc12. The summed E-state index contributed by atoms with van der Waals surface area (Å²) in [5, 5.41) is 4.38. The molecule has 0 amide bonds. The second kappa shape index (κ2) is 5.47. The normalized spacial score (nSPS) is 10.9. The van der Waals surface area contributed by atoms with Crippen LogP contribution in [-0.2, 0) is 0 Å². The van der Waals surface area contributed by atoms with Crippen LogP contribution >= 0.6 is 23.2 Å². The number of nitrogens with zero attached hydrogens (tertiary/aromatic N) is 2. The van der Waals surface area contributed by atoms with Gasteiger partial charge in [-0.2, -0.15) is 0 Å².